The first-order valence-electron chi connectivity index (χ1n) is 5.95. The third-order valence-corrected chi connectivity index (χ3v) is 4.73. The van der Waals surface area contributed by atoms with Crippen molar-refractivity contribution >= 4 is 11.3 Å². The fraction of sp³-hybridized carbons (Fsp3) is 0.692. The second-order valence-corrected chi connectivity index (χ2v) is 5.86. The summed E-state index contributed by atoms with van der Waals surface area (Å²) in [6.45, 7) is 2.20. The zero-order chi connectivity index (χ0) is 10.7. The van der Waals surface area contributed by atoms with Crippen molar-refractivity contribution in [1.82, 2.24) is 0 Å². The summed E-state index contributed by atoms with van der Waals surface area (Å²) >= 11 is 1.80. The molecule has 1 aliphatic carbocycles. The summed E-state index contributed by atoms with van der Waals surface area (Å²) < 4.78 is 0. The molecule has 0 spiro atoms. The Balaban J connectivity index is 1.91. The molecule has 1 saturated carbocycles. The van der Waals surface area contributed by atoms with Crippen molar-refractivity contribution in [3.63, 3.8) is 0 Å². The average molecular weight is 224 g/mol. The Labute approximate surface area is 96.1 Å². The molecule has 1 nitrogen and oxygen atoms in total. The summed E-state index contributed by atoms with van der Waals surface area (Å²) in [5.74, 6) is 0.478. The molecule has 1 fully saturated rings. The SMILES string of the molecule is CC1CCCCC1(O)CCc1cccs1. The van der Waals surface area contributed by atoms with Crippen LogP contribution in [0.5, 0.6) is 0 Å². The van der Waals surface area contributed by atoms with Gasteiger partial charge in [-0.15, -0.1) is 11.3 Å². The molecule has 0 radical (unpaired) electrons. The highest BCUT2D eigenvalue weighted by Crippen LogP contribution is 2.37. The fourth-order valence-electron chi connectivity index (χ4n) is 2.56. The van der Waals surface area contributed by atoms with Gasteiger partial charge < -0.3 is 5.11 Å². The van der Waals surface area contributed by atoms with Crippen molar-refractivity contribution < 1.29 is 5.11 Å². The van der Waals surface area contributed by atoms with Gasteiger partial charge in [0.05, 0.1) is 5.60 Å². The van der Waals surface area contributed by atoms with Gasteiger partial charge in [0, 0.05) is 4.88 Å². The molecule has 0 aromatic carbocycles. The van der Waals surface area contributed by atoms with Crippen LogP contribution in [0.1, 0.15) is 43.9 Å². The molecule has 1 N–H and O–H groups in total. The van der Waals surface area contributed by atoms with Gasteiger partial charge in [0.1, 0.15) is 0 Å². The van der Waals surface area contributed by atoms with Crippen LogP contribution in [-0.4, -0.2) is 10.7 Å². The van der Waals surface area contributed by atoms with E-state index in [1.807, 2.05) is 0 Å². The number of hydrogen-bond donors (Lipinski definition) is 1. The van der Waals surface area contributed by atoms with Crippen molar-refractivity contribution in [3.8, 4) is 0 Å². The summed E-state index contributed by atoms with van der Waals surface area (Å²) in [5.41, 5.74) is -0.387. The van der Waals surface area contributed by atoms with Gasteiger partial charge in [-0.05, 0) is 43.0 Å². The van der Waals surface area contributed by atoms with Crippen molar-refractivity contribution in [2.45, 2.75) is 51.0 Å². The lowest BCUT2D eigenvalue weighted by Gasteiger charge is -2.38. The molecule has 2 atom stereocenters. The normalized spacial score (nSPS) is 31.7. The molecule has 0 amide bonds. The first-order chi connectivity index (χ1) is 7.21. The summed E-state index contributed by atoms with van der Waals surface area (Å²) in [5, 5.41) is 12.7. The highest BCUT2D eigenvalue weighted by molar-refractivity contribution is 7.09. The van der Waals surface area contributed by atoms with Gasteiger partial charge >= 0.3 is 0 Å². The lowest BCUT2D eigenvalue weighted by molar-refractivity contribution is -0.0474. The Morgan fingerprint density at radius 3 is 3.07 bits per heavy atom. The predicted octanol–water partition coefficient (Wildman–Crippen LogP) is 3.62. The molecule has 0 aliphatic heterocycles. The molecule has 84 valence electrons. The van der Waals surface area contributed by atoms with Crippen molar-refractivity contribution in [2.75, 3.05) is 0 Å². The van der Waals surface area contributed by atoms with Gasteiger partial charge in [-0.1, -0.05) is 25.8 Å². The average Bonchev–Trinajstić information content (AvgIpc) is 2.73. The van der Waals surface area contributed by atoms with E-state index in [0.29, 0.717) is 5.92 Å². The van der Waals surface area contributed by atoms with E-state index >= 15 is 0 Å². The van der Waals surface area contributed by atoms with E-state index in [4.69, 9.17) is 0 Å². The second kappa shape index (κ2) is 4.67. The molecule has 1 aromatic rings. The summed E-state index contributed by atoms with van der Waals surface area (Å²) in [4.78, 5) is 1.40. The van der Waals surface area contributed by atoms with Crippen LogP contribution in [-0.2, 0) is 6.42 Å². The number of rotatable bonds is 3. The zero-order valence-electron chi connectivity index (χ0n) is 9.41. The third kappa shape index (κ3) is 2.61. The van der Waals surface area contributed by atoms with Gasteiger partial charge in [0.15, 0.2) is 0 Å². The van der Waals surface area contributed by atoms with Crippen LogP contribution in [0.2, 0.25) is 0 Å². The Kier molecular flexibility index (Phi) is 3.47. The van der Waals surface area contributed by atoms with Crippen molar-refractivity contribution in [3.05, 3.63) is 22.4 Å². The maximum absolute atomic E-state index is 10.5. The summed E-state index contributed by atoms with van der Waals surface area (Å²) in [6.07, 6.45) is 6.67. The Bertz CT molecular complexity index is 293. The number of hydrogen-bond acceptors (Lipinski definition) is 2. The van der Waals surface area contributed by atoms with E-state index in [0.717, 1.165) is 19.3 Å². The number of aliphatic hydroxyl groups is 1. The second-order valence-electron chi connectivity index (χ2n) is 4.83. The van der Waals surface area contributed by atoms with Crippen LogP contribution in [0.3, 0.4) is 0 Å². The van der Waals surface area contributed by atoms with Gasteiger partial charge in [-0.3, -0.25) is 0 Å². The highest BCUT2D eigenvalue weighted by Gasteiger charge is 2.35. The van der Waals surface area contributed by atoms with Gasteiger partial charge in [0.2, 0.25) is 0 Å². The highest BCUT2D eigenvalue weighted by atomic mass is 32.1. The van der Waals surface area contributed by atoms with Crippen LogP contribution >= 0.6 is 11.3 Å². The monoisotopic (exact) mass is 224 g/mol. The molecular formula is C13H20OS. The molecular weight excluding hydrogens is 204 g/mol. The first-order valence-corrected chi connectivity index (χ1v) is 6.83. The van der Waals surface area contributed by atoms with Crippen LogP contribution < -0.4 is 0 Å². The summed E-state index contributed by atoms with van der Waals surface area (Å²) in [7, 11) is 0. The fourth-order valence-corrected chi connectivity index (χ4v) is 3.27. The van der Waals surface area contributed by atoms with E-state index in [1.165, 1.54) is 24.1 Å². The van der Waals surface area contributed by atoms with Crippen LogP contribution in [0, 0.1) is 5.92 Å². The van der Waals surface area contributed by atoms with E-state index in [2.05, 4.69) is 24.4 Å². The van der Waals surface area contributed by atoms with E-state index in [9.17, 15) is 5.11 Å². The molecule has 2 unspecified atom stereocenters. The third-order valence-electron chi connectivity index (χ3n) is 3.80. The zero-order valence-corrected chi connectivity index (χ0v) is 10.2. The molecule has 0 saturated heterocycles. The molecule has 1 aliphatic rings. The number of thiophene rings is 1. The van der Waals surface area contributed by atoms with Crippen molar-refractivity contribution in [2.24, 2.45) is 5.92 Å². The Morgan fingerprint density at radius 1 is 1.53 bits per heavy atom. The molecule has 2 heteroatoms. The molecule has 0 bridgehead atoms. The van der Waals surface area contributed by atoms with E-state index in [1.54, 1.807) is 11.3 Å². The largest absolute Gasteiger partial charge is 0.390 e. The molecule has 15 heavy (non-hydrogen) atoms. The summed E-state index contributed by atoms with van der Waals surface area (Å²) in [6, 6.07) is 4.26. The topological polar surface area (TPSA) is 20.2 Å². The number of aryl methyl sites for hydroxylation is 1. The van der Waals surface area contributed by atoms with Gasteiger partial charge in [0.25, 0.3) is 0 Å². The van der Waals surface area contributed by atoms with Gasteiger partial charge in [-0.25, -0.2) is 0 Å². The lowest BCUT2D eigenvalue weighted by atomic mass is 9.74. The molecule has 2 rings (SSSR count). The maximum Gasteiger partial charge on any atom is 0.0676 e. The standard InChI is InChI=1S/C13H20OS/c1-11-5-2-3-8-13(11,14)9-7-12-6-4-10-15-12/h4,6,10-11,14H,2-3,5,7-9H2,1H3. The minimum Gasteiger partial charge on any atom is -0.390 e. The molecule has 1 heterocycles. The molecule has 1 aromatic heterocycles. The van der Waals surface area contributed by atoms with Gasteiger partial charge in [-0.2, -0.15) is 0 Å². The minimum atomic E-state index is -0.387. The quantitative estimate of drug-likeness (QED) is 0.831. The maximum atomic E-state index is 10.5. The van der Waals surface area contributed by atoms with E-state index in [-0.39, 0.29) is 5.60 Å². The van der Waals surface area contributed by atoms with E-state index < -0.39 is 0 Å². The smallest absolute Gasteiger partial charge is 0.0676 e. The first kappa shape index (κ1) is 11.2. The Hall–Kier alpha value is -0.340. The lowest BCUT2D eigenvalue weighted by Crippen LogP contribution is -2.39. The Morgan fingerprint density at radius 2 is 2.40 bits per heavy atom. The predicted molar refractivity (Wildman–Crippen MR) is 65.2 cm³/mol. The van der Waals surface area contributed by atoms with Crippen LogP contribution in [0.15, 0.2) is 17.5 Å². The van der Waals surface area contributed by atoms with Crippen LogP contribution in [0.25, 0.3) is 0 Å². The minimum absolute atomic E-state index is 0.387. The van der Waals surface area contributed by atoms with Crippen molar-refractivity contribution in [1.29, 1.82) is 0 Å². The van der Waals surface area contributed by atoms with Crippen LogP contribution in [0.4, 0.5) is 0 Å².